The molecule has 1 aromatic rings. The monoisotopic (exact) mass is 307 g/mol. The highest BCUT2D eigenvalue weighted by Gasteiger charge is 2.33. The minimum Gasteiger partial charge on any atom is -0.373 e. The summed E-state index contributed by atoms with van der Waals surface area (Å²) >= 11 is 0. The van der Waals surface area contributed by atoms with Gasteiger partial charge in [-0.05, 0) is 33.8 Å². The van der Waals surface area contributed by atoms with Crippen LogP contribution in [0.3, 0.4) is 0 Å². The maximum Gasteiger partial charge on any atom is 0.252 e. The number of nitrogens with zero attached hydrogens (tertiary/aromatic N) is 1. The molecule has 0 saturated carbocycles. The van der Waals surface area contributed by atoms with Crippen molar-refractivity contribution in [1.82, 2.24) is 15.2 Å². The van der Waals surface area contributed by atoms with Crippen LogP contribution in [0.25, 0.3) is 0 Å². The topological polar surface area (TPSA) is 74.4 Å². The highest BCUT2D eigenvalue weighted by atomic mass is 16.5. The van der Waals surface area contributed by atoms with E-state index in [1.54, 1.807) is 0 Å². The lowest BCUT2D eigenvalue weighted by molar-refractivity contribution is -0.0948. The van der Waals surface area contributed by atoms with Crippen LogP contribution in [0.1, 0.15) is 38.1 Å². The summed E-state index contributed by atoms with van der Waals surface area (Å²) in [5, 5.41) is 2.94. The van der Waals surface area contributed by atoms with Crippen LogP contribution >= 0.6 is 0 Å². The molecule has 22 heavy (non-hydrogen) atoms. The second-order valence-electron chi connectivity index (χ2n) is 6.60. The third-order valence-corrected chi connectivity index (χ3v) is 4.00. The van der Waals surface area contributed by atoms with E-state index in [0.717, 1.165) is 13.1 Å². The van der Waals surface area contributed by atoms with Crippen LogP contribution in [-0.4, -0.2) is 53.2 Å². The van der Waals surface area contributed by atoms with Gasteiger partial charge in [0.15, 0.2) is 0 Å². The molecule has 0 spiro atoms. The lowest BCUT2D eigenvalue weighted by Gasteiger charge is -2.45. The number of pyridine rings is 1. The Hall–Kier alpha value is -1.66. The third kappa shape index (κ3) is 4.18. The highest BCUT2D eigenvalue weighted by molar-refractivity contribution is 5.93. The Labute approximate surface area is 130 Å². The summed E-state index contributed by atoms with van der Waals surface area (Å²) in [6.07, 6.45) is 1.82. The zero-order chi connectivity index (χ0) is 16.3. The predicted molar refractivity (Wildman–Crippen MR) is 85.1 cm³/mol. The molecule has 2 heterocycles. The highest BCUT2D eigenvalue weighted by Crippen LogP contribution is 2.20. The Morgan fingerprint density at radius 3 is 2.55 bits per heavy atom. The normalized spacial score (nSPS) is 23.3. The molecule has 1 amide bonds. The fourth-order valence-corrected chi connectivity index (χ4v) is 2.73. The lowest BCUT2D eigenvalue weighted by atomic mass is 10.00. The summed E-state index contributed by atoms with van der Waals surface area (Å²) in [7, 11) is 0. The van der Waals surface area contributed by atoms with Gasteiger partial charge in [-0.25, -0.2) is 0 Å². The van der Waals surface area contributed by atoms with Gasteiger partial charge in [-0.3, -0.25) is 14.5 Å². The molecule has 1 aliphatic rings. The second-order valence-corrected chi connectivity index (χ2v) is 6.60. The number of aromatic amines is 1. The van der Waals surface area contributed by atoms with Gasteiger partial charge < -0.3 is 15.0 Å². The van der Waals surface area contributed by atoms with Gasteiger partial charge in [-0.2, -0.15) is 0 Å². The molecule has 2 rings (SSSR count). The fraction of sp³-hybridized carbons (Fsp3) is 0.625. The minimum absolute atomic E-state index is 0.163. The van der Waals surface area contributed by atoms with E-state index in [1.165, 1.54) is 18.3 Å². The van der Waals surface area contributed by atoms with Gasteiger partial charge in [0.1, 0.15) is 0 Å². The Morgan fingerprint density at radius 2 is 2.00 bits per heavy atom. The zero-order valence-corrected chi connectivity index (χ0v) is 13.7. The summed E-state index contributed by atoms with van der Waals surface area (Å²) in [5.41, 5.74) is 0.0803. The molecule has 0 bridgehead atoms. The van der Waals surface area contributed by atoms with Gasteiger partial charge in [-0.15, -0.1) is 0 Å². The summed E-state index contributed by atoms with van der Waals surface area (Å²) < 4.78 is 5.75. The average Bonchev–Trinajstić information content (AvgIpc) is 2.44. The van der Waals surface area contributed by atoms with Gasteiger partial charge in [0.25, 0.3) is 5.91 Å². The molecule has 1 aromatic heterocycles. The van der Waals surface area contributed by atoms with E-state index in [4.69, 9.17) is 4.74 Å². The Balaban J connectivity index is 1.95. The molecule has 6 nitrogen and oxygen atoms in total. The second kappa shape index (κ2) is 6.62. The van der Waals surface area contributed by atoms with Crippen molar-refractivity contribution in [2.75, 3.05) is 19.6 Å². The van der Waals surface area contributed by atoms with E-state index in [0.29, 0.717) is 12.1 Å². The van der Waals surface area contributed by atoms with Crippen molar-refractivity contribution < 1.29 is 9.53 Å². The number of carbonyl (C=O) groups excluding carboxylic acids is 1. The van der Waals surface area contributed by atoms with Crippen molar-refractivity contribution in [2.24, 2.45) is 0 Å². The fourth-order valence-electron chi connectivity index (χ4n) is 2.73. The van der Waals surface area contributed by atoms with E-state index in [9.17, 15) is 9.59 Å². The van der Waals surface area contributed by atoms with Gasteiger partial charge in [0.2, 0.25) is 5.56 Å². The van der Waals surface area contributed by atoms with Crippen LogP contribution in [0.5, 0.6) is 0 Å². The van der Waals surface area contributed by atoms with Crippen molar-refractivity contribution in [1.29, 1.82) is 0 Å². The number of nitrogens with one attached hydrogen (secondary N) is 2. The minimum atomic E-state index is -0.215. The van der Waals surface area contributed by atoms with Gasteiger partial charge in [-0.1, -0.05) is 0 Å². The SMILES string of the molecule is C[C@H]1CN(C(C)(C)CNC(=O)c2ccc(=O)[nH]c2)C[C@H](C)O1. The number of amides is 1. The van der Waals surface area contributed by atoms with E-state index in [-0.39, 0.29) is 29.2 Å². The van der Waals surface area contributed by atoms with Crippen LogP contribution in [0.4, 0.5) is 0 Å². The molecule has 0 unspecified atom stereocenters. The summed E-state index contributed by atoms with van der Waals surface area (Å²) in [6, 6.07) is 2.88. The van der Waals surface area contributed by atoms with Crippen LogP contribution in [0.2, 0.25) is 0 Å². The van der Waals surface area contributed by atoms with Crippen LogP contribution in [-0.2, 0) is 4.74 Å². The smallest absolute Gasteiger partial charge is 0.252 e. The molecule has 122 valence electrons. The largest absolute Gasteiger partial charge is 0.373 e. The van der Waals surface area contributed by atoms with Crippen molar-refractivity contribution in [3.8, 4) is 0 Å². The molecule has 6 heteroatoms. The molecule has 0 aliphatic carbocycles. The van der Waals surface area contributed by atoms with Gasteiger partial charge in [0.05, 0.1) is 17.8 Å². The standard InChI is InChI=1S/C16H25N3O3/c1-11-8-19(9-12(2)22-11)16(3,4)10-18-15(21)13-5-6-14(20)17-7-13/h5-7,11-12H,8-10H2,1-4H3,(H,17,20)(H,18,21)/t11-,12-/m0/s1. The molecular formula is C16H25N3O3. The first-order valence-corrected chi connectivity index (χ1v) is 7.65. The number of H-pyrrole nitrogens is 1. The molecule has 1 fully saturated rings. The van der Waals surface area contributed by atoms with E-state index in [1.807, 2.05) is 0 Å². The summed E-state index contributed by atoms with van der Waals surface area (Å²) in [5.74, 6) is -0.182. The number of aromatic nitrogens is 1. The maximum absolute atomic E-state index is 12.1. The molecule has 1 aliphatic heterocycles. The number of rotatable bonds is 4. The Morgan fingerprint density at radius 1 is 1.36 bits per heavy atom. The van der Waals surface area contributed by atoms with E-state index >= 15 is 0 Å². The summed E-state index contributed by atoms with van der Waals surface area (Å²) in [4.78, 5) is 28.0. The first-order valence-electron chi connectivity index (χ1n) is 7.65. The lowest BCUT2D eigenvalue weighted by Crippen LogP contribution is -2.58. The summed E-state index contributed by atoms with van der Waals surface area (Å²) in [6.45, 7) is 10.6. The average molecular weight is 307 g/mol. The molecule has 1 saturated heterocycles. The first-order chi connectivity index (χ1) is 10.3. The van der Waals surface area contributed by atoms with Gasteiger partial charge >= 0.3 is 0 Å². The van der Waals surface area contributed by atoms with Crippen LogP contribution in [0, 0.1) is 0 Å². The molecular weight excluding hydrogens is 282 g/mol. The van der Waals surface area contributed by atoms with Crippen LogP contribution in [0.15, 0.2) is 23.1 Å². The number of hydrogen-bond donors (Lipinski definition) is 2. The number of hydrogen-bond acceptors (Lipinski definition) is 4. The van der Waals surface area contributed by atoms with Crippen molar-refractivity contribution in [3.63, 3.8) is 0 Å². The van der Waals surface area contributed by atoms with Gasteiger partial charge in [0, 0.05) is 37.4 Å². The van der Waals surface area contributed by atoms with Crippen molar-refractivity contribution in [2.45, 2.75) is 45.4 Å². The van der Waals surface area contributed by atoms with Crippen LogP contribution < -0.4 is 10.9 Å². The number of carbonyl (C=O) groups is 1. The molecule has 2 N–H and O–H groups in total. The predicted octanol–water partition coefficient (Wildman–Crippen LogP) is 0.993. The third-order valence-electron chi connectivity index (χ3n) is 4.00. The van der Waals surface area contributed by atoms with Crippen molar-refractivity contribution in [3.05, 3.63) is 34.2 Å². The number of morpholine rings is 1. The molecule has 2 atom stereocenters. The molecule has 0 radical (unpaired) electrons. The van der Waals surface area contributed by atoms with E-state index in [2.05, 4.69) is 42.9 Å². The van der Waals surface area contributed by atoms with Crippen molar-refractivity contribution >= 4 is 5.91 Å². The Bertz CT molecular complexity index is 552. The first kappa shape index (κ1) is 16.7. The maximum atomic E-state index is 12.1. The van der Waals surface area contributed by atoms with E-state index < -0.39 is 0 Å². The number of ether oxygens (including phenoxy) is 1. The molecule has 0 aromatic carbocycles. The quantitative estimate of drug-likeness (QED) is 0.870. The Kier molecular flexibility index (Phi) is 5.03. The zero-order valence-electron chi connectivity index (χ0n) is 13.7.